The van der Waals surface area contributed by atoms with Crippen molar-refractivity contribution < 1.29 is 9.13 Å². The van der Waals surface area contributed by atoms with Gasteiger partial charge in [-0.05, 0) is 24.3 Å². The van der Waals surface area contributed by atoms with E-state index in [1.807, 2.05) is 0 Å². The molecule has 2 aromatic rings. The minimum Gasteiger partial charge on any atom is -0.490 e. The summed E-state index contributed by atoms with van der Waals surface area (Å²) in [5, 5.41) is 1.01. The average Bonchev–Trinajstić information content (AvgIpc) is 2.99. The van der Waals surface area contributed by atoms with Gasteiger partial charge >= 0.3 is 0 Å². The van der Waals surface area contributed by atoms with Crippen molar-refractivity contribution in [3.05, 3.63) is 35.9 Å². The highest BCUT2D eigenvalue weighted by Crippen LogP contribution is 2.24. The molecule has 0 saturated carbocycles. The van der Waals surface area contributed by atoms with Gasteiger partial charge in [-0.25, -0.2) is 9.37 Å². The minimum absolute atomic E-state index is 0.185. The Balaban J connectivity index is 1.54. The summed E-state index contributed by atoms with van der Waals surface area (Å²) in [6.07, 6.45) is 2.95. The first-order valence-electron chi connectivity index (χ1n) is 7.24. The van der Waals surface area contributed by atoms with E-state index in [0.717, 1.165) is 49.1 Å². The molecule has 0 atom stereocenters. The monoisotopic (exact) mass is 307 g/mol. The van der Waals surface area contributed by atoms with Gasteiger partial charge in [0.1, 0.15) is 23.5 Å². The molecule has 1 saturated heterocycles. The highest BCUT2D eigenvalue weighted by Gasteiger charge is 2.22. The number of aromatic nitrogens is 2. The fraction of sp³-hybridized carbons (Fsp3) is 0.467. The van der Waals surface area contributed by atoms with E-state index in [4.69, 9.17) is 4.74 Å². The molecule has 112 valence electrons. The van der Waals surface area contributed by atoms with Gasteiger partial charge in [-0.3, -0.25) is 0 Å². The molecular weight excluding hydrogens is 289 g/mol. The van der Waals surface area contributed by atoms with Gasteiger partial charge in [0, 0.05) is 43.9 Å². The van der Waals surface area contributed by atoms with E-state index < -0.39 is 0 Å². The fourth-order valence-electron chi connectivity index (χ4n) is 2.39. The lowest BCUT2D eigenvalue weighted by atomic mass is 10.1. The van der Waals surface area contributed by atoms with Crippen LogP contribution in [-0.4, -0.2) is 28.6 Å². The van der Waals surface area contributed by atoms with Crippen LogP contribution in [0.25, 0.3) is 0 Å². The summed E-state index contributed by atoms with van der Waals surface area (Å²) in [5.41, 5.74) is 0. The van der Waals surface area contributed by atoms with E-state index in [1.54, 1.807) is 12.1 Å². The van der Waals surface area contributed by atoms with Crippen LogP contribution >= 0.6 is 11.5 Å². The van der Waals surface area contributed by atoms with Gasteiger partial charge in [0.2, 0.25) is 5.13 Å². The highest BCUT2D eigenvalue weighted by molar-refractivity contribution is 7.09. The normalized spacial score (nSPS) is 16.2. The molecule has 0 unspecified atom stereocenters. The summed E-state index contributed by atoms with van der Waals surface area (Å²) in [6.45, 7) is 3.91. The topological polar surface area (TPSA) is 38.2 Å². The fourth-order valence-corrected chi connectivity index (χ4v) is 3.19. The molecule has 0 N–H and O–H groups in total. The van der Waals surface area contributed by atoms with Crippen molar-refractivity contribution in [3.63, 3.8) is 0 Å². The Kier molecular flexibility index (Phi) is 4.34. The number of rotatable bonds is 4. The SMILES string of the molecule is CCc1nsc(N2CCC(Oc3ccc(F)cc3)CC2)n1. The quantitative estimate of drug-likeness (QED) is 0.869. The second-order valence-corrected chi connectivity index (χ2v) is 5.84. The Morgan fingerprint density at radius 3 is 2.62 bits per heavy atom. The molecule has 0 radical (unpaired) electrons. The third-order valence-corrected chi connectivity index (χ3v) is 4.42. The van der Waals surface area contributed by atoms with Gasteiger partial charge in [0.15, 0.2) is 0 Å². The molecule has 0 amide bonds. The zero-order chi connectivity index (χ0) is 14.7. The maximum Gasteiger partial charge on any atom is 0.205 e. The van der Waals surface area contributed by atoms with Gasteiger partial charge in [-0.1, -0.05) is 6.92 Å². The van der Waals surface area contributed by atoms with Crippen LogP contribution < -0.4 is 9.64 Å². The van der Waals surface area contributed by atoms with Crippen LogP contribution in [0.4, 0.5) is 9.52 Å². The molecule has 0 spiro atoms. The van der Waals surface area contributed by atoms with Gasteiger partial charge in [0.05, 0.1) is 0 Å². The Morgan fingerprint density at radius 2 is 2.00 bits per heavy atom. The number of ether oxygens (including phenoxy) is 1. The number of hydrogen-bond acceptors (Lipinski definition) is 5. The third-order valence-electron chi connectivity index (χ3n) is 3.60. The first kappa shape index (κ1) is 14.3. The molecule has 1 aliphatic heterocycles. The van der Waals surface area contributed by atoms with E-state index in [1.165, 1.54) is 23.7 Å². The van der Waals surface area contributed by atoms with Crippen LogP contribution in [0.3, 0.4) is 0 Å². The predicted octanol–water partition coefficient (Wildman–Crippen LogP) is 3.29. The van der Waals surface area contributed by atoms with Crippen molar-refractivity contribution >= 4 is 16.7 Å². The summed E-state index contributed by atoms with van der Waals surface area (Å²) < 4.78 is 23.1. The number of nitrogens with zero attached hydrogens (tertiary/aromatic N) is 3. The van der Waals surface area contributed by atoms with E-state index in [0.29, 0.717) is 0 Å². The molecule has 1 aromatic carbocycles. The molecular formula is C15H18FN3OS. The Morgan fingerprint density at radius 1 is 1.29 bits per heavy atom. The Labute approximate surface area is 127 Å². The molecule has 1 fully saturated rings. The summed E-state index contributed by atoms with van der Waals surface area (Å²) in [7, 11) is 0. The van der Waals surface area contributed by atoms with Crippen LogP contribution in [0.2, 0.25) is 0 Å². The summed E-state index contributed by atoms with van der Waals surface area (Å²) >= 11 is 1.47. The molecule has 0 bridgehead atoms. The summed E-state index contributed by atoms with van der Waals surface area (Å²) in [4.78, 5) is 6.79. The number of piperidine rings is 1. The van der Waals surface area contributed by atoms with E-state index in [2.05, 4.69) is 21.2 Å². The molecule has 2 heterocycles. The second-order valence-electron chi connectivity index (χ2n) is 5.10. The zero-order valence-electron chi connectivity index (χ0n) is 12.0. The third kappa shape index (κ3) is 3.50. The largest absolute Gasteiger partial charge is 0.490 e. The number of anilines is 1. The summed E-state index contributed by atoms with van der Waals surface area (Å²) in [5.74, 6) is 1.42. The van der Waals surface area contributed by atoms with Crippen molar-refractivity contribution in [2.75, 3.05) is 18.0 Å². The Bertz CT molecular complexity index is 579. The van der Waals surface area contributed by atoms with Crippen LogP contribution in [0, 0.1) is 5.82 Å². The minimum atomic E-state index is -0.236. The molecule has 3 rings (SSSR count). The zero-order valence-corrected chi connectivity index (χ0v) is 12.8. The van der Waals surface area contributed by atoms with Crippen molar-refractivity contribution in [2.45, 2.75) is 32.3 Å². The molecule has 21 heavy (non-hydrogen) atoms. The maximum absolute atomic E-state index is 12.9. The number of aryl methyl sites for hydroxylation is 1. The smallest absolute Gasteiger partial charge is 0.205 e. The van der Waals surface area contributed by atoms with Crippen molar-refractivity contribution in [3.8, 4) is 5.75 Å². The van der Waals surface area contributed by atoms with Gasteiger partial charge in [0.25, 0.3) is 0 Å². The lowest BCUT2D eigenvalue weighted by Crippen LogP contribution is -2.38. The maximum atomic E-state index is 12.9. The van der Waals surface area contributed by atoms with Gasteiger partial charge < -0.3 is 9.64 Å². The molecule has 1 aliphatic rings. The van der Waals surface area contributed by atoms with Gasteiger partial charge in [-0.2, -0.15) is 4.37 Å². The lowest BCUT2D eigenvalue weighted by molar-refractivity contribution is 0.171. The van der Waals surface area contributed by atoms with Crippen LogP contribution in [0.1, 0.15) is 25.6 Å². The Hall–Kier alpha value is -1.69. The van der Waals surface area contributed by atoms with Crippen molar-refractivity contribution in [1.82, 2.24) is 9.36 Å². The number of benzene rings is 1. The van der Waals surface area contributed by atoms with Crippen LogP contribution in [0.5, 0.6) is 5.75 Å². The molecule has 1 aromatic heterocycles. The summed E-state index contributed by atoms with van der Waals surface area (Å²) in [6, 6.07) is 6.22. The van der Waals surface area contributed by atoms with Gasteiger partial charge in [-0.15, -0.1) is 0 Å². The first-order valence-corrected chi connectivity index (χ1v) is 8.01. The van der Waals surface area contributed by atoms with Crippen LogP contribution in [0.15, 0.2) is 24.3 Å². The van der Waals surface area contributed by atoms with E-state index in [-0.39, 0.29) is 11.9 Å². The van der Waals surface area contributed by atoms with Crippen molar-refractivity contribution in [1.29, 1.82) is 0 Å². The average molecular weight is 307 g/mol. The number of hydrogen-bond donors (Lipinski definition) is 0. The lowest BCUT2D eigenvalue weighted by Gasteiger charge is -2.31. The van der Waals surface area contributed by atoms with E-state index in [9.17, 15) is 4.39 Å². The standard InChI is InChI=1S/C15H18FN3OS/c1-2-14-17-15(21-18-14)19-9-7-13(8-10-19)20-12-5-3-11(16)4-6-12/h3-6,13H,2,7-10H2,1H3. The first-order chi connectivity index (χ1) is 10.2. The second kappa shape index (κ2) is 6.39. The molecule has 6 heteroatoms. The van der Waals surface area contributed by atoms with E-state index >= 15 is 0 Å². The highest BCUT2D eigenvalue weighted by atomic mass is 32.1. The number of halogens is 1. The van der Waals surface area contributed by atoms with Crippen molar-refractivity contribution in [2.24, 2.45) is 0 Å². The predicted molar refractivity (Wildman–Crippen MR) is 81.6 cm³/mol. The molecule has 0 aliphatic carbocycles. The van der Waals surface area contributed by atoms with Crippen LogP contribution in [-0.2, 0) is 6.42 Å². The molecule has 4 nitrogen and oxygen atoms in total.